The second-order valence-electron chi connectivity index (χ2n) is 19.1. The number of anilines is 1. The van der Waals surface area contributed by atoms with E-state index in [1.807, 2.05) is 78.9 Å². The van der Waals surface area contributed by atoms with Gasteiger partial charge in [0.1, 0.15) is 59.8 Å². The molecule has 2 aliphatic heterocycles. The third-order valence-electron chi connectivity index (χ3n) is 13.7. The van der Waals surface area contributed by atoms with Crippen molar-refractivity contribution in [1.82, 2.24) is 24.4 Å². The molecule has 428 valence electrons. The number of aromatic nitrogens is 4. The number of rotatable bonds is 24. The van der Waals surface area contributed by atoms with E-state index in [9.17, 15) is 33.2 Å². The molecule has 0 saturated carbocycles. The van der Waals surface area contributed by atoms with Crippen LogP contribution in [-0.4, -0.2) is 102 Å². The second-order valence-corrected chi connectivity index (χ2v) is 20.2. The van der Waals surface area contributed by atoms with Gasteiger partial charge in [-0.1, -0.05) is 103 Å². The first-order valence-corrected chi connectivity index (χ1v) is 27.2. The van der Waals surface area contributed by atoms with Crippen LogP contribution < -0.4 is 37.0 Å². The number of benzene rings is 5. The van der Waals surface area contributed by atoms with Crippen molar-refractivity contribution in [3.8, 4) is 11.5 Å². The van der Waals surface area contributed by atoms with Crippen LogP contribution in [0.15, 0.2) is 172 Å². The molecule has 2 aromatic heterocycles. The molecule has 2 amide bonds. The summed E-state index contributed by atoms with van der Waals surface area (Å²) in [4.78, 5) is 84.1. The molecule has 4 heterocycles. The molecule has 8 atom stereocenters. The number of nitrogens with one attached hydrogen (secondary N) is 3. The smallest absolute Gasteiger partial charge is 0.351 e. The fourth-order valence-corrected chi connectivity index (χ4v) is 10.9. The lowest BCUT2D eigenvalue weighted by atomic mass is 9.80. The quantitative estimate of drug-likeness (QED) is 0.0304. The lowest BCUT2D eigenvalue weighted by Crippen LogP contribution is -2.38. The van der Waals surface area contributed by atoms with E-state index in [1.165, 1.54) is 41.4 Å². The van der Waals surface area contributed by atoms with E-state index in [2.05, 4.69) is 20.6 Å². The van der Waals surface area contributed by atoms with Crippen molar-refractivity contribution in [2.75, 3.05) is 46.0 Å². The molecule has 5 aromatic carbocycles. The lowest BCUT2D eigenvalue weighted by Gasteiger charge is -2.37. The molecule has 21 nitrogen and oxygen atoms in total. The molecule has 0 radical (unpaired) electrons. The fourth-order valence-electron chi connectivity index (χ4n) is 9.62. The third-order valence-corrected chi connectivity index (χ3v) is 15.0. The summed E-state index contributed by atoms with van der Waals surface area (Å²) in [7, 11) is 0.494. The van der Waals surface area contributed by atoms with E-state index in [0.717, 1.165) is 5.56 Å². The van der Waals surface area contributed by atoms with Crippen molar-refractivity contribution >= 4 is 32.2 Å². The number of halogens is 1. The first kappa shape index (κ1) is 58.4. The Morgan fingerprint density at radius 1 is 0.756 bits per heavy atom. The van der Waals surface area contributed by atoms with E-state index < -0.39 is 98.6 Å². The van der Waals surface area contributed by atoms with Crippen LogP contribution in [0.4, 0.5) is 10.2 Å². The monoisotopic (exact) mass is 1140 g/mol. The summed E-state index contributed by atoms with van der Waals surface area (Å²) in [6, 6.07) is 43.1. The lowest BCUT2D eigenvalue weighted by molar-refractivity contribution is -0.150. The molecule has 0 bridgehead atoms. The van der Waals surface area contributed by atoms with Gasteiger partial charge in [0, 0.05) is 49.8 Å². The van der Waals surface area contributed by atoms with E-state index in [-0.39, 0.29) is 44.0 Å². The number of esters is 1. The predicted octanol–water partition coefficient (Wildman–Crippen LogP) is 7.36. The van der Waals surface area contributed by atoms with Crippen LogP contribution in [0.1, 0.15) is 76.5 Å². The van der Waals surface area contributed by atoms with Crippen LogP contribution in [0.5, 0.6) is 11.5 Å². The highest BCUT2D eigenvalue weighted by atomic mass is 31.2. The van der Waals surface area contributed by atoms with Crippen LogP contribution in [0, 0.1) is 6.92 Å². The van der Waals surface area contributed by atoms with Gasteiger partial charge in [0.05, 0.1) is 33.5 Å². The minimum atomic E-state index is -2.65. The van der Waals surface area contributed by atoms with Crippen molar-refractivity contribution in [2.24, 2.45) is 0 Å². The Morgan fingerprint density at radius 2 is 1.33 bits per heavy atom. The Labute approximate surface area is 471 Å². The number of H-pyrrole nitrogens is 1. The highest BCUT2D eigenvalue weighted by molar-refractivity contribution is 7.41. The molecule has 82 heavy (non-hydrogen) atoms. The largest absolute Gasteiger partial charge is 0.497 e. The maximum absolute atomic E-state index is 14.1. The number of amides is 2. The third kappa shape index (κ3) is 13.9. The molecule has 1 unspecified atom stereocenters. The van der Waals surface area contributed by atoms with Crippen LogP contribution in [-0.2, 0) is 47.7 Å². The minimum absolute atomic E-state index is 0.00599. The molecule has 0 aliphatic carbocycles. The van der Waals surface area contributed by atoms with Gasteiger partial charge < -0.3 is 52.6 Å². The van der Waals surface area contributed by atoms with Crippen LogP contribution in [0.2, 0.25) is 0 Å². The van der Waals surface area contributed by atoms with Gasteiger partial charge in [-0.05, 0) is 71.6 Å². The summed E-state index contributed by atoms with van der Waals surface area (Å²) in [6.07, 6.45) is -4.54. The number of hydrogen-bond donors (Lipinski definition) is 3. The van der Waals surface area contributed by atoms with E-state index in [0.29, 0.717) is 33.8 Å². The number of carbonyl (C=O) groups is 3. The maximum atomic E-state index is 14.1. The normalized spacial score (nSPS) is 19.4. The van der Waals surface area contributed by atoms with E-state index >= 15 is 0 Å². The van der Waals surface area contributed by atoms with Gasteiger partial charge in [-0.2, -0.15) is 4.98 Å². The van der Waals surface area contributed by atoms with Crippen molar-refractivity contribution in [2.45, 2.75) is 75.3 Å². The van der Waals surface area contributed by atoms with E-state index in [4.69, 9.17) is 42.0 Å². The van der Waals surface area contributed by atoms with Crippen LogP contribution in [0.3, 0.4) is 0 Å². The average Bonchev–Trinajstić information content (AvgIpc) is 4.25. The molecule has 3 N–H and O–H groups in total. The molecule has 2 fully saturated rings. The van der Waals surface area contributed by atoms with Gasteiger partial charge in [-0.15, -0.1) is 0 Å². The number of ether oxygens (including phenoxy) is 6. The molecular weight excluding hydrogens is 1080 g/mol. The number of alkyl halides is 1. The zero-order chi connectivity index (χ0) is 57.8. The Balaban J connectivity index is 1.10. The molecule has 2 saturated heterocycles. The Hall–Kier alpha value is -8.21. The molecule has 23 heteroatoms. The van der Waals surface area contributed by atoms with Crippen LogP contribution in [0.25, 0.3) is 0 Å². The van der Waals surface area contributed by atoms with Gasteiger partial charge in [0.25, 0.3) is 17.4 Å². The van der Waals surface area contributed by atoms with Gasteiger partial charge in [-0.3, -0.25) is 33.3 Å². The number of aryl methyl sites for hydroxylation is 1. The highest BCUT2D eigenvalue weighted by Crippen LogP contribution is 2.51. The zero-order valence-electron chi connectivity index (χ0n) is 45.1. The van der Waals surface area contributed by atoms with Gasteiger partial charge >= 0.3 is 26.0 Å². The van der Waals surface area contributed by atoms with Gasteiger partial charge in [-0.25, -0.2) is 14.0 Å². The Morgan fingerprint density at radius 3 is 1.93 bits per heavy atom. The Kier molecular flexibility index (Phi) is 19.3. The zero-order valence-corrected chi connectivity index (χ0v) is 46.0. The minimum Gasteiger partial charge on any atom is -0.497 e. The molecule has 7 aromatic rings. The maximum Gasteiger partial charge on any atom is 0.351 e. The second kappa shape index (κ2) is 27.0. The van der Waals surface area contributed by atoms with Crippen molar-refractivity contribution in [1.29, 1.82) is 0 Å². The number of methoxy groups -OCH3 is 2. The molecule has 0 spiro atoms. The molecule has 9 rings (SSSR count). The first-order chi connectivity index (χ1) is 39.7. The number of hydrogen-bond acceptors (Lipinski definition) is 16. The van der Waals surface area contributed by atoms with Crippen molar-refractivity contribution in [3.63, 3.8) is 0 Å². The fraction of sp³-hybridized carbons (Fsp3) is 0.305. The number of nitrogens with zero attached hydrogens (tertiary/aromatic N) is 3. The SMILES string of the molecule is COc1ccc(C(OC[C@H]2O[C@@H](n3ccc(NC(=O)c4ccccc4)nc3=O)C[C@@H]2OP(OC[C@H]2O[C@@H](n3cc(C)c(=O)[nH]c3=O)C[C@@H]2OC(C)=O)O[C@H](CNC(=O)CF)c2ccccc2)(c2ccccc2)c2ccc(OC)cc2)cc1. The molecular formula is C59H60FN6O15P. The Bertz CT molecular complexity index is 3420. The van der Waals surface area contributed by atoms with Crippen molar-refractivity contribution < 1.29 is 60.8 Å². The van der Waals surface area contributed by atoms with Crippen LogP contribution >= 0.6 is 8.60 Å². The standard InChI is InChI=1S/C59H60FN6O15P/c1-37-34-66(58(72)64-55(37)69)54-30-46(77-38(2)67)50(79-54)36-76-82(81-48(33-61-52(68)32-60)39-14-8-5-9-15-39)80-47-31-53(65-29-28-51(63-57(65)71)62-56(70)40-16-10-6-11-17-40)78-49(47)35-75-59(41-18-12-7-13-19-41,42-20-24-44(73-3)25-21-42)43-22-26-45(74-4)27-23-43/h5-29,34,46-50,53-54H,30-33,35-36H2,1-4H3,(H,61,68)(H,64,69,72)(H,62,63,70,71)/t46-,47-,48+,49+,50+,53+,54+,82?/m0/s1. The van der Waals surface area contributed by atoms with Gasteiger partial charge in [0.2, 0.25) is 0 Å². The predicted molar refractivity (Wildman–Crippen MR) is 297 cm³/mol. The highest BCUT2D eigenvalue weighted by Gasteiger charge is 2.46. The number of aromatic amines is 1. The number of carbonyl (C=O) groups excluding carboxylic acids is 3. The summed E-state index contributed by atoms with van der Waals surface area (Å²) in [5, 5.41) is 5.22. The van der Waals surface area contributed by atoms with E-state index in [1.54, 1.807) is 74.9 Å². The van der Waals surface area contributed by atoms with Gasteiger partial charge in [0.15, 0.2) is 6.67 Å². The van der Waals surface area contributed by atoms with Crippen molar-refractivity contribution in [3.05, 3.63) is 223 Å². The molecule has 2 aliphatic rings. The summed E-state index contributed by atoms with van der Waals surface area (Å²) in [5.41, 5.74) is -0.176. The summed E-state index contributed by atoms with van der Waals surface area (Å²) in [5.74, 6) is -0.824. The topological polar surface area (TPSA) is 248 Å². The summed E-state index contributed by atoms with van der Waals surface area (Å²) < 4.78 is 73.7. The first-order valence-electron chi connectivity index (χ1n) is 26.1. The summed E-state index contributed by atoms with van der Waals surface area (Å²) >= 11 is 0. The average molecular weight is 1140 g/mol. The summed E-state index contributed by atoms with van der Waals surface area (Å²) in [6.45, 7) is 0.611.